The lowest BCUT2D eigenvalue weighted by Gasteiger charge is -2.49. The van der Waals surface area contributed by atoms with E-state index in [1.54, 1.807) is 20.8 Å². The van der Waals surface area contributed by atoms with Gasteiger partial charge in [-0.15, -0.1) is 22.0 Å². The zero-order chi connectivity index (χ0) is 30.9. The normalized spacial score (nSPS) is 19.6. The molecule has 0 bridgehead atoms. The van der Waals surface area contributed by atoms with Crippen molar-refractivity contribution in [1.29, 1.82) is 0 Å². The number of aromatic nitrogens is 2. The zero-order valence-electron chi connectivity index (χ0n) is 22.8. The Labute approximate surface area is 253 Å². The van der Waals surface area contributed by atoms with E-state index in [2.05, 4.69) is 20.8 Å². The number of hydrogen-bond acceptors (Lipinski definition) is 12. The van der Waals surface area contributed by atoms with E-state index in [0.29, 0.717) is 5.01 Å². The van der Waals surface area contributed by atoms with E-state index in [9.17, 15) is 34.2 Å². The molecule has 1 aromatic carbocycles. The number of aliphatic hydroxyl groups is 1. The maximum absolute atomic E-state index is 13.1. The summed E-state index contributed by atoms with van der Waals surface area (Å²) in [6.45, 7) is 6.46. The van der Waals surface area contributed by atoms with Gasteiger partial charge >= 0.3 is 12.1 Å². The second-order valence-corrected chi connectivity index (χ2v) is 12.7. The number of carbonyl (C=O) groups is 5. The van der Waals surface area contributed by atoms with Crippen molar-refractivity contribution in [1.82, 2.24) is 25.7 Å². The van der Waals surface area contributed by atoms with Crippen molar-refractivity contribution in [3.05, 3.63) is 57.2 Å². The van der Waals surface area contributed by atoms with Gasteiger partial charge in [0.1, 0.15) is 28.2 Å². The molecule has 0 radical (unpaired) electrons. The Hall–Kier alpha value is -3.73. The average molecular weight is 634 g/mol. The summed E-state index contributed by atoms with van der Waals surface area (Å²) >= 11 is 7.75. The number of carbonyl (C=O) groups excluding carboxylic acids is 4. The Morgan fingerprint density at radius 3 is 2.52 bits per heavy atom. The number of thioether (sulfide) groups is 1. The van der Waals surface area contributed by atoms with Crippen molar-refractivity contribution in [2.24, 2.45) is 0 Å². The van der Waals surface area contributed by atoms with Crippen molar-refractivity contribution in [2.75, 3.05) is 5.75 Å². The molecule has 4 atom stereocenters. The highest BCUT2D eigenvalue weighted by Crippen LogP contribution is 2.41. The Kier molecular flexibility index (Phi) is 9.10. The van der Waals surface area contributed by atoms with E-state index >= 15 is 0 Å². The second-order valence-electron chi connectivity index (χ2n) is 10.3. The molecule has 3 amide bonds. The number of fused-ring (bicyclic) bond motifs is 1. The Bertz CT molecular complexity index is 1490. The van der Waals surface area contributed by atoms with Crippen LogP contribution in [0.5, 0.6) is 0 Å². The molecular formula is C26H27N5O8S3. The molecule has 0 spiro atoms. The van der Waals surface area contributed by atoms with E-state index in [0.717, 1.165) is 16.2 Å². The number of carboxylic acids is 1. The second kappa shape index (κ2) is 12.2. The van der Waals surface area contributed by atoms with Gasteiger partial charge < -0.3 is 25.6 Å². The van der Waals surface area contributed by atoms with Gasteiger partial charge in [-0.05, 0) is 27.7 Å². The summed E-state index contributed by atoms with van der Waals surface area (Å²) in [6, 6.07) is 3.68. The first-order valence-electron chi connectivity index (χ1n) is 12.5. The van der Waals surface area contributed by atoms with E-state index in [1.165, 1.54) is 48.5 Å². The molecule has 16 heteroatoms. The maximum Gasteiger partial charge on any atom is 0.408 e. The number of benzene rings is 1. The van der Waals surface area contributed by atoms with Gasteiger partial charge in [-0.25, -0.2) is 9.59 Å². The van der Waals surface area contributed by atoms with Crippen molar-refractivity contribution < 1.29 is 38.9 Å². The van der Waals surface area contributed by atoms with Crippen LogP contribution in [-0.4, -0.2) is 88.6 Å². The number of amides is 3. The number of aliphatic carboxylic acids is 1. The molecule has 222 valence electrons. The number of thiocarbonyl (C=S) groups is 1. The number of carboxylic acid groups (broad SMARTS) is 1. The SMILES string of the molecule is C[C@H](NC(=O)OC(C)(C)C)C(=O)c1ccccc1C(O)C(=O)NC1C(=O)N2C(C(=O)O)=C(C(=S)c3nncs3)CS[C@@H]12. The van der Waals surface area contributed by atoms with Crippen LogP contribution in [0, 0.1) is 0 Å². The Balaban J connectivity index is 1.48. The lowest BCUT2D eigenvalue weighted by molar-refractivity contribution is -0.151. The topological polar surface area (TPSA) is 188 Å². The molecule has 1 fully saturated rings. The van der Waals surface area contributed by atoms with Crippen molar-refractivity contribution in [3.8, 4) is 0 Å². The largest absolute Gasteiger partial charge is 0.477 e. The standard InChI is InChI=1S/C26H27N5O8S3/c1-11(28-25(38)39-26(2,3)4)17(32)12-7-5-6-8-13(12)18(33)20(34)29-15-22(35)31-16(24(36)37)14(9-41-23(15)31)19(40)21-30-27-10-42-21/h5-8,10-11,15,18,23,33H,9H2,1-4H3,(H,28,38)(H,29,34)(H,36,37)/t11-,15?,18?,23-/m0/s1. The number of Topliss-reactive ketones (excluding diaryl/α,β-unsaturated/α-hetero) is 1. The number of hydrogen-bond donors (Lipinski definition) is 4. The van der Waals surface area contributed by atoms with Crippen LogP contribution >= 0.6 is 35.3 Å². The number of rotatable bonds is 9. The minimum Gasteiger partial charge on any atom is -0.477 e. The van der Waals surface area contributed by atoms with Crippen LogP contribution < -0.4 is 10.6 Å². The third-order valence-electron chi connectivity index (χ3n) is 6.19. The van der Waals surface area contributed by atoms with Crippen molar-refractivity contribution in [3.63, 3.8) is 0 Å². The molecule has 2 aliphatic heterocycles. The quantitative estimate of drug-likeness (QED) is 0.178. The minimum absolute atomic E-state index is 0.0109. The molecule has 1 saturated heterocycles. The van der Waals surface area contributed by atoms with Gasteiger partial charge in [0.2, 0.25) is 0 Å². The highest BCUT2D eigenvalue weighted by Gasteiger charge is 2.55. The van der Waals surface area contributed by atoms with Gasteiger partial charge in [-0.1, -0.05) is 47.8 Å². The van der Waals surface area contributed by atoms with Crippen LogP contribution in [0.25, 0.3) is 0 Å². The highest BCUT2D eigenvalue weighted by atomic mass is 32.2. The van der Waals surface area contributed by atoms with Crippen LogP contribution in [0.3, 0.4) is 0 Å². The highest BCUT2D eigenvalue weighted by molar-refractivity contribution is 8.00. The van der Waals surface area contributed by atoms with Crippen LogP contribution in [-0.2, 0) is 19.1 Å². The number of alkyl carbamates (subject to hydrolysis) is 1. The van der Waals surface area contributed by atoms with Crippen LogP contribution in [0.4, 0.5) is 4.79 Å². The number of β-lactam (4-membered cyclic amide) rings is 1. The molecule has 2 aromatic rings. The fourth-order valence-electron chi connectivity index (χ4n) is 4.31. The minimum atomic E-state index is -1.84. The summed E-state index contributed by atoms with van der Waals surface area (Å²) in [6.07, 6.45) is -2.65. The molecular weight excluding hydrogens is 607 g/mol. The van der Waals surface area contributed by atoms with E-state index < -0.39 is 58.8 Å². The molecule has 4 N–H and O–H groups in total. The summed E-state index contributed by atoms with van der Waals surface area (Å²) in [5.74, 6) is -3.45. The summed E-state index contributed by atoms with van der Waals surface area (Å²) in [5, 5.41) is 32.9. The van der Waals surface area contributed by atoms with Crippen LogP contribution in [0.2, 0.25) is 0 Å². The predicted molar refractivity (Wildman–Crippen MR) is 156 cm³/mol. The third kappa shape index (κ3) is 6.35. The smallest absolute Gasteiger partial charge is 0.408 e. The van der Waals surface area contributed by atoms with Gasteiger partial charge in [-0.3, -0.25) is 19.3 Å². The fraction of sp³-hybridized carbons (Fsp3) is 0.385. The first-order chi connectivity index (χ1) is 19.7. The van der Waals surface area contributed by atoms with Crippen molar-refractivity contribution in [2.45, 2.75) is 56.9 Å². The number of ether oxygens (including phenoxy) is 1. The molecule has 1 aromatic heterocycles. The summed E-state index contributed by atoms with van der Waals surface area (Å²) < 4.78 is 5.18. The van der Waals surface area contributed by atoms with Gasteiger partial charge in [0.05, 0.1) is 10.9 Å². The van der Waals surface area contributed by atoms with Gasteiger partial charge in [0.15, 0.2) is 16.9 Å². The molecule has 2 aliphatic rings. The zero-order valence-corrected chi connectivity index (χ0v) is 25.3. The summed E-state index contributed by atoms with van der Waals surface area (Å²) in [4.78, 5) is 64.8. The molecule has 13 nitrogen and oxygen atoms in total. The fourth-order valence-corrected chi connectivity index (χ4v) is 6.63. The van der Waals surface area contributed by atoms with E-state index in [-0.39, 0.29) is 33.0 Å². The van der Waals surface area contributed by atoms with Gasteiger partial charge in [0, 0.05) is 22.5 Å². The Morgan fingerprint density at radius 2 is 1.90 bits per heavy atom. The molecule has 4 rings (SSSR count). The van der Waals surface area contributed by atoms with Gasteiger partial charge in [-0.2, -0.15) is 0 Å². The molecule has 0 aliphatic carbocycles. The van der Waals surface area contributed by atoms with E-state index in [1.807, 2.05) is 0 Å². The maximum atomic E-state index is 13.1. The predicted octanol–water partition coefficient (Wildman–Crippen LogP) is 1.82. The first-order valence-corrected chi connectivity index (χ1v) is 14.9. The lowest BCUT2D eigenvalue weighted by atomic mass is 9.95. The number of nitrogens with one attached hydrogen (secondary N) is 2. The van der Waals surface area contributed by atoms with Crippen LogP contribution in [0.1, 0.15) is 54.7 Å². The average Bonchev–Trinajstić information content (AvgIpc) is 3.47. The first kappa shape index (κ1) is 31.2. The monoisotopic (exact) mass is 633 g/mol. The molecule has 3 heterocycles. The third-order valence-corrected chi connectivity index (χ3v) is 8.75. The van der Waals surface area contributed by atoms with Crippen LogP contribution in [0.15, 0.2) is 41.0 Å². The Morgan fingerprint density at radius 1 is 1.21 bits per heavy atom. The van der Waals surface area contributed by atoms with E-state index in [4.69, 9.17) is 17.0 Å². The molecule has 42 heavy (non-hydrogen) atoms. The lowest BCUT2D eigenvalue weighted by Crippen LogP contribution is -2.71. The molecule has 2 unspecified atom stereocenters. The molecule has 0 saturated carbocycles. The number of aliphatic hydroxyl groups excluding tert-OH is 1. The van der Waals surface area contributed by atoms with Gasteiger partial charge in [0.25, 0.3) is 11.8 Å². The van der Waals surface area contributed by atoms with Crippen molar-refractivity contribution >= 4 is 69.8 Å². The number of ketones is 1. The number of nitrogens with zero attached hydrogens (tertiary/aromatic N) is 3. The summed E-state index contributed by atoms with van der Waals surface area (Å²) in [5.41, 5.74) is 0.582. The summed E-state index contributed by atoms with van der Waals surface area (Å²) in [7, 11) is 0.